The molecule has 1 heterocycles. The Morgan fingerprint density at radius 1 is 1.41 bits per heavy atom. The number of rotatable bonds is 6. The first-order valence-electron chi connectivity index (χ1n) is 7.02. The first-order valence-corrected chi connectivity index (χ1v) is 7.02. The summed E-state index contributed by atoms with van der Waals surface area (Å²) in [6, 6.07) is 4.30. The van der Waals surface area contributed by atoms with Gasteiger partial charge in [0.2, 0.25) is 0 Å². The maximum atomic E-state index is 5.88. The lowest BCUT2D eigenvalue weighted by Gasteiger charge is -2.12. The van der Waals surface area contributed by atoms with Gasteiger partial charge in [-0.2, -0.15) is 0 Å². The lowest BCUT2D eigenvalue weighted by Crippen LogP contribution is -2.22. The Bertz CT molecular complexity index is 391. The van der Waals surface area contributed by atoms with E-state index in [2.05, 4.69) is 31.3 Å². The second kappa shape index (κ2) is 4.16. The molecule has 2 saturated carbocycles. The van der Waals surface area contributed by atoms with Crippen LogP contribution in [0.5, 0.6) is 0 Å². The van der Waals surface area contributed by atoms with Crippen LogP contribution in [0.4, 0.5) is 0 Å². The molecule has 2 fully saturated rings. The van der Waals surface area contributed by atoms with Crippen LogP contribution in [0.25, 0.3) is 0 Å². The Morgan fingerprint density at radius 3 is 2.76 bits per heavy atom. The van der Waals surface area contributed by atoms with Crippen molar-refractivity contribution in [3.05, 3.63) is 23.7 Å². The van der Waals surface area contributed by atoms with Gasteiger partial charge in [-0.1, -0.05) is 13.8 Å². The zero-order valence-electron chi connectivity index (χ0n) is 11.0. The predicted octanol–water partition coefficient (Wildman–Crippen LogP) is 3.68. The first kappa shape index (κ1) is 11.3. The molecule has 0 spiro atoms. The topological polar surface area (TPSA) is 25.2 Å². The highest BCUT2D eigenvalue weighted by atomic mass is 16.3. The van der Waals surface area contributed by atoms with E-state index in [-0.39, 0.29) is 0 Å². The van der Waals surface area contributed by atoms with Crippen LogP contribution in [0.1, 0.15) is 57.0 Å². The fourth-order valence-corrected chi connectivity index (χ4v) is 2.69. The summed E-state index contributed by atoms with van der Waals surface area (Å²) in [5.41, 5.74) is 0.625. The maximum Gasteiger partial charge on any atom is 0.117 e. The summed E-state index contributed by atoms with van der Waals surface area (Å²) in [6.07, 6.45) is 5.42. The lowest BCUT2D eigenvalue weighted by atomic mass is 10.0. The normalized spacial score (nSPS) is 29.3. The van der Waals surface area contributed by atoms with Crippen LogP contribution in [0.3, 0.4) is 0 Å². The molecule has 0 amide bonds. The Morgan fingerprint density at radius 2 is 2.18 bits per heavy atom. The van der Waals surface area contributed by atoms with E-state index in [4.69, 9.17) is 4.42 Å². The summed E-state index contributed by atoms with van der Waals surface area (Å²) < 4.78 is 5.88. The summed E-state index contributed by atoms with van der Waals surface area (Å²) in [7, 11) is 0. The van der Waals surface area contributed by atoms with E-state index in [1.165, 1.54) is 31.4 Å². The van der Waals surface area contributed by atoms with Gasteiger partial charge in [0.05, 0.1) is 6.54 Å². The highest BCUT2D eigenvalue weighted by Gasteiger charge is 2.40. The van der Waals surface area contributed by atoms with Crippen molar-refractivity contribution in [2.45, 2.75) is 52.0 Å². The van der Waals surface area contributed by atoms with E-state index in [9.17, 15) is 0 Å². The average Bonchev–Trinajstić information content (AvgIpc) is 3.21. The zero-order valence-corrected chi connectivity index (χ0v) is 11.0. The maximum absolute atomic E-state index is 5.88. The number of hydrogen-bond donors (Lipinski definition) is 1. The van der Waals surface area contributed by atoms with Gasteiger partial charge >= 0.3 is 0 Å². The summed E-state index contributed by atoms with van der Waals surface area (Å²) in [5.74, 6) is 3.84. The van der Waals surface area contributed by atoms with Gasteiger partial charge in [0.25, 0.3) is 0 Å². The molecule has 2 atom stereocenters. The van der Waals surface area contributed by atoms with E-state index in [0.717, 1.165) is 24.8 Å². The van der Waals surface area contributed by atoms with Crippen molar-refractivity contribution in [3.63, 3.8) is 0 Å². The lowest BCUT2D eigenvalue weighted by molar-refractivity contribution is 0.405. The van der Waals surface area contributed by atoms with E-state index in [0.29, 0.717) is 11.3 Å². The molecule has 94 valence electrons. The second-order valence-electron chi connectivity index (χ2n) is 6.08. The fourth-order valence-electron chi connectivity index (χ4n) is 2.69. The molecule has 0 radical (unpaired) electrons. The average molecular weight is 233 g/mol. The van der Waals surface area contributed by atoms with Crippen LogP contribution in [0, 0.1) is 11.3 Å². The molecule has 0 bridgehead atoms. The Kier molecular flexibility index (Phi) is 2.78. The van der Waals surface area contributed by atoms with Crippen LogP contribution in [-0.2, 0) is 6.54 Å². The summed E-state index contributed by atoms with van der Waals surface area (Å²) in [6.45, 7) is 6.64. The molecule has 2 aliphatic carbocycles. The van der Waals surface area contributed by atoms with Crippen LogP contribution >= 0.6 is 0 Å². The zero-order chi connectivity index (χ0) is 11.9. The van der Waals surface area contributed by atoms with E-state index >= 15 is 0 Å². The minimum absolute atomic E-state index is 0.625. The molecule has 2 unspecified atom stereocenters. The third-order valence-corrected chi connectivity index (χ3v) is 4.66. The Labute approximate surface area is 104 Å². The van der Waals surface area contributed by atoms with Gasteiger partial charge in [-0.05, 0) is 49.1 Å². The smallest absolute Gasteiger partial charge is 0.117 e. The molecular weight excluding hydrogens is 210 g/mol. The second-order valence-corrected chi connectivity index (χ2v) is 6.08. The molecule has 2 nitrogen and oxygen atoms in total. The van der Waals surface area contributed by atoms with Crippen molar-refractivity contribution in [2.24, 2.45) is 11.3 Å². The summed E-state index contributed by atoms with van der Waals surface area (Å²) in [5, 5.41) is 3.55. The van der Waals surface area contributed by atoms with Gasteiger partial charge < -0.3 is 9.73 Å². The quantitative estimate of drug-likeness (QED) is 0.810. The molecule has 0 aromatic carbocycles. The van der Waals surface area contributed by atoms with Gasteiger partial charge in [-0.3, -0.25) is 0 Å². The van der Waals surface area contributed by atoms with Gasteiger partial charge in [0, 0.05) is 12.5 Å². The monoisotopic (exact) mass is 233 g/mol. The van der Waals surface area contributed by atoms with Crippen molar-refractivity contribution in [1.82, 2.24) is 5.32 Å². The van der Waals surface area contributed by atoms with Crippen molar-refractivity contribution in [2.75, 3.05) is 6.54 Å². The minimum Gasteiger partial charge on any atom is -0.464 e. The first-order chi connectivity index (χ1) is 8.22. The summed E-state index contributed by atoms with van der Waals surface area (Å²) in [4.78, 5) is 0. The molecule has 3 rings (SSSR count). The Balaban J connectivity index is 1.47. The predicted molar refractivity (Wildman–Crippen MR) is 68.9 cm³/mol. The van der Waals surface area contributed by atoms with Gasteiger partial charge in [0.1, 0.15) is 11.5 Å². The van der Waals surface area contributed by atoms with Crippen LogP contribution in [0.15, 0.2) is 16.5 Å². The highest BCUT2D eigenvalue weighted by molar-refractivity contribution is 5.17. The van der Waals surface area contributed by atoms with Crippen molar-refractivity contribution < 1.29 is 4.42 Å². The molecule has 0 saturated heterocycles. The molecule has 1 aromatic heterocycles. The van der Waals surface area contributed by atoms with Gasteiger partial charge in [0.15, 0.2) is 0 Å². The van der Waals surface area contributed by atoms with E-state index < -0.39 is 0 Å². The standard InChI is InChI=1S/C15H23NO/c1-3-15(6-7-15)10-16-9-12-4-5-14(17-12)13-8-11(13)2/h4-5,11,13,16H,3,6-10H2,1-2H3. The molecule has 1 N–H and O–H groups in total. The van der Waals surface area contributed by atoms with Crippen molar-refractivity contribution in [1.29, 1.82) is 0 Å². The number of hydrogen-bond acceptors (Lipinski definition) is 2. The largest absolute Gasteiger partial charge is 0.464 e. The molecule has 1 aromatic rings. The van der Waals surface area contributed by atoms with Crippen LogP contribution in [-0.4, -0.2) is 6.54 Å². The van der Waals surface area contributed by atoms with Crippen LogP contribution in [0.2, 0.25) is 0 Å². The van der Waals surface area contributed by atoms with Crippen molar-refractivity contribution >= 4 is 0 Å². The minimum atomic E-state index is 0.625. The SMILES string of the molecule is CCC1(CNCc2ccc(C3CC3C)o2)CC1. The third-order valence-electron chi connectivity index (χ3n) is 4.66. The third kappa shape index (κ3) is 2.42. The Hall–Kier alpha value is -0.760. The highest BCUT2D eigenvalue weighted by Crippen LogP contribution is 2.48. The number of furan rings is 1. The summed E-state index contributed by atoms with van der Waals surface area (Å²) >= 11 is 0. The molecule has 17 heavy (non-hydrogen) atoms. The van der Waals surface area contributed by atoms with Crippen LogP contribution < -0.4 is 5.32 Å². The van der Waals surface area contributed by atoms with Crippen molar-refractivity contribution in [3.8, 4) is 0 Å². The van der Waals surface area contributed by atoms with E-state index in [1.54, 1.807) is 0 Å². The van der Waals surface area contributed by atoms with E-state index in [1.807, 2.05) is 0 Å². The molecule has 2 aliphatic rings. The fraction of sp³-hybridized carbons (Fsp3) is 0.733. The molecule has 2 heteroatoms. The van der Waals surface area contributed by atoms with Gasteiger partial charge in [-0.15, -0.1) is 0 Å². The number of nitrogens with one attached hydrogen (secondary N) is 1. The molecule has 0 aliphatic heterocycles. The van der Waals surface area contributed by atoms with Gasteiger partial charge in [-0.25, -0.2) is 0 Å². The molecular formula is C15H23NO.